The summed E-state index contributed by atoms with van der Waals surface area (Å²) < 4.78 is 6.89. The molecule has 0 bridgehead atoms. The Morgan fingerprint density at radius 3 is 2.95 bits per heavy atom. The van der Waals surface area contributed by atoms with Gasteiger partial charge in [-0.3, -0.25) is 9.59 Å². The molecule has 2 aliphatic heterocycles. The van der Waals surface area contributed by atoms with Crippen molar-refractivity contribution >= 4 is 23.2 Å². The molecule has 120 valence electrons. The fraction of sp³-hybridized carbons (Fsp3) is 0.643. The number of nitrogens with one attached hydrogen (secondary N) is 1. The molecule has 3 heterocycles. The summed E-state index contributed by atoms with van der Waals surface area (Å²) in [6.07, 6.45) is 3.95. The van der Waals surface area contributed by atoms with Gasteiger partial charge in [0.2, 0.25) is 5.91 Å². The van der Waals surface area contributed by atoms with Gasteiger partial charge in [0.1, 0.15) is 5.02 Å². The number of ether oxygens (including phenoxy) is 1. The fourth-order valence-corrected chi connectivity index (χ4v) is 3.06. The zero-order valence-electron chi connectivity index (χ0n) is 12.4. The second-order valence-electron chi connectivity index (χ2n) is 5.70. The van der Waals surface area contributed by atoms with Crippen molar-refractivity contribution < 1.29 is 9.53 Å². The average molecular weight is 327 g/mol. The third kappa shape index (κ3) is 2.83. The van der Waals surface area contributed by atoms with Gasteiger partial charge >= 0.3 is 0 Å². The van der Waals surface area contributed by atoms with Crippen molar-refractivity contribution in [1.82, 2.24) is 15.1 Å². The molecule has 22 heavy (non-hydrogen) atoms. The summed E-state index contributed by atoms with van der Waals surface area (Å²) in [7, 11) is 0. The highest BCUT2D eigenvalue weighted by atomic mass is 35.5. The Hall–Kier alpha value is -1.60. The molecule has 7 nitrogen and oxygen atoms in total. The highest BCUT2D eigenvalue weighted by Crippen LogP contribution is 2.26. The first-order valence-electron chi connectivity index (χ1n) is 7.50. The Bertz CT molecular complexity index is 627. The van der Waals surface area contributed by atoms with E-state index in [0.29, 0.717) is 18.8 Å². The van der Waals surface area contributed by atoms with Crippen LogP contribution in [0.1, 0.15) is 32.4 Å². The van der Waals surface area contributed by atoms with Crippen molar-refractivity contribution in [1.29, 1.82) is 0 Å². The van der Waals surface area contributed by atoms with Crippen LogP contribution in [-0.4, -0.2) is 41.4 Å². The smallest absolute Gasteiger partial charge is 0.290 e. The van der Waals surface area contributed by atoms with E-state index >= 15 is 0 Å². The highest BCUT2D eigenvalue weighted by Gasteiger charge is 2.28. The van der Waals surface area contributed by atoms with Gasteiger partial charge in [0.25, 0.3) is 5.56 Å². The molecular formula is C14H19ClN4O3. The molecule has 0 aliphatic carbocycles. The van der Waals surface area contributed by atoms with Crippen molar-refractivity contribution in [2.75, 3.05) is 24.6 Å². The molecule has 2 fully saturated rings. The second kappa shape index (κ2) is 6.26. The van der Waals surface area contributed by atoms with Gasteiger partial charge < -0.3 is 15.0 Å². The van der Waals surface area contributed by atoms with Crippen LogP contribution in [0.2, 0.25) is 5.02 Å². The van der Waals surface area contributed by atoms with Crippen LogP contribution in [0.4, 0.5) is 5.69 Å². The fourth-order valence-electron chi connectivity index (χ4n) is 2.82. The van der Waals surface area contributed by atoms with Crippen LogP contribution in [0.15, 0.2) is 11.0 Å². The molecule has 1 aromatic rings. The molecule has 2 aliphatic rings. The lowest BCUT2D eigenvalue weighted by Gasteiger charge is -2.35. The van der Waals surface area contributed by atoms with E-state index in [0.717, 1.165) is 19.3 Å². The number of anilines is 1. The molecular weight excluding hydrogens is 308 g/mol. The molecule has 0 radical (unpaired) electrons. The standard InChI is InChI=1S/C14H19ClN4O3/c1-9-6-16-11(20)8-18(9)10-7-17-19(14(21)13(10)15)12-4-2-3-5-22-12/h7,9,12H,2-6,8H2,1H3,(H,16,20). The Balaban J connectivity index is 1.92. The minimum atomic E-state index is -0.371. The number of piperazine rings is 1. The van der Waals surface area contributed by atoms with Crippen molar-refractivity contribution in [3.05, 3.63) is 21.6 Å². The molecule has 3 rings (SSSR count). The summed E-state index contributed by atoms with van der Waals surface area (Å²) in [4.78, 5) is 25.9. The molecule has 2 atom stereocenters. The van der Waals surface area contributed by atoms with Crippen LogP contribution in [0.5, 0.6) is 0 Å². The van der Waals surface area contributed by atoms with Crippen LogP contribution < -0.4 is 15.8 Å². The van der Waals surface area contributed by atoms with E-state index in [-0.39, 0.29) is 35.3 Å². The molecule has 1 amide bonds. The number of carbonyl (C=O) groups excluding carboxylic acids is 1. The Morgan fingerprint density at radius 1 is 1.41 bits per heavy atom. The van der Waals surface area contributed by atoms with Crippen LogP contribution >= 0.6 is 11.6 Å². The summed E-state index contributed by atoms with van der Waals surface area (Å²) in [6.45, 7) is 3.28. The third-order valence-electron chi connectivity index (χ3n) is 4.10. The maximum absolute atomic E-state index is 12.5. The van der Waals surface area contributed by atoms with E-state index in [9.17, 15) is 9.59 Å². The minimum Gasteiger partial charge on any atom is -0.356 e. The number of halogens is 1. The number of nitrogens with zero attached hydrogens (tertiary/aromatic N) is 3. The van der Waals surface area contributed by atoms with Crippen LogP contribution in [0, 0.1) is 0 Å². The van der Waals surface area contributed by atoms with Crippen LogP contribution in [0.3, 0.4) is 0 Å². The topological polar surface area (TPSA) is 76.5 Å². The van der Waals surface area contributed by atoms with Gasteiger partial charge in [-0.1, -0.05) is 11.6 Å². The SMILES string of the molecule is CC1CNC(=O)CN1c1cnn(C2CCCCO2)c(=O)c1Cl. The number of amides is 1. The van der Waals surface area contributed by atoms with E-state index in [1.165, 1.54) is 4.68 Å². The first kappa shape index (κ1) is 15.3. The van der Waals surface area contributed by atoms with Crippen molar-refractivity contribution in [2.45, 2.75) is 38.5 Å². The number of aromatic nitrogens is 2. The van der Waals surface area contributed by atoms with Gasteiger partial charge in [0.15, 0.2) is 6.23 Å². The molecule has 1 N–H and O–H groups in total. The van der Waals surface area contributed by atoms with Crippen LogP contribution in [-0.2, 0) is 9.53 Å². The monoisotopic (exact) mass is 326 g/mol. The molecule has 8 heteroatoms. The van der Waals surface area contributed by atoms with Gasteiger partial charge in [0.05, 0.1) is 18.4 Å². The first-order valence-corrected chi connectivity index (χ1v) is 7.88. The zero-order valence-corrected chi connectivity index (χ0v) is 13.2. The lowest BCUT2D eigenvalue weighted by atomic mass is 10.2. The molecule has 2 unspecified atom stereocenters. The third-order valence-corrected chi connectivity index (χ3v) is 4.46. The van der Waals surface area contributed by atoms with Crippen molar-refractivity contribution in [3.63, 3.8) is 0 Å². The van der Waals surface area contributed by atoms with Crippen LogP contribution in [0.25, 0.3) is 0 Å². The molecule has 0 saturated carbocycles. The van der Waals surface area contributed by atoms with E-state index < -0.39 is 0 Å². The molecule has 0 aromatic carbocycles. The lowest BCUT2D eigenvalue weighted by Crippen LogP contribution is -2.53. The van der Waals surface area contributed by atoms with Gasteiger partial charge in [0, 0.05) is 19.2 Å². The average Bonchev–Trinajstić information content (AvgIpc) is 2.53. The number of hydrogen-bond acceptors (Lipinski definition) is 5. The molecule has 1 aromatic heterocycles. The Labute approximate surface area is 133 Å². The second-order valence-corrected chi connectivity index (χ2v) is 6.07. The maximum atomic E-state index is 12.5. The van der Waals surface area contributed by atoms with Gasteiger partial charge in [-0.2, -0.15) is 9.78 Å². The summed E-state index contributed by atoms with van der Waals surface area (Å²) >= 11 is 6.26. The summed E-state index contributed by atoms with van der Waals surface area (Å²) in [5.74, 6) is -0.0889. The highest BCUT2D eigenvalue weighted by molar-refractivity contribution is 6.33. The van der Waals surface area contributed by atoms with E-state index in [1.807, 2.05) is 11.8 Å². The molecule has 0 spiro atoms. The zero-order chi connectivity index (χ0) is 15.7. The maximum Gasteiger partial charge on any atom is 0.290 e. The Morgan fingerprint density at radius 2 is 2.23 bits per heavy atom. The Kier molecular flexibility index (Phi) is 4.35. The van der Waals surface area contributed by atoms with Crippen molar-refractivity contribution in [2.24, 2.45) is 0 Å². The largest absolute Gasteiger partial charge is 0.356 e. The number of rotatable bonds is 2. The van der Waals surface area contributed by atoms with Gasteiger partial charge in [-0.25, -0.2) is 0 Å². The summed E-state index contributed by atoms with van der Waals surface area (Å²) in [6, 6.07) is 0.0539. The normalized spacial score (nSPS) is 25.9. The number of hydrogen-bond donors (Lipinski definition) is 1. The van der Waals surface area contributed by atoms with Gasteiger partial charge in [-0.15, -0.1) is 0 Å². The van der Waals surface area contributed by atoms with E-state index in [1.54, 1.807) is 6.20 Å². The summed E-state index contributed by atoms with van der Waals surface area (Å²) in [5.41, 5.74) is 0.130. The predicted molar refractivity (Wildman–Crippen MR) is 82.2 cm³/mol. The predicted octanol–water partition coefficient (Wildman–Crippen LogP) is 0.920. The molecule has 2 saturated heterocycles. The van der Waals surface area contributed by atoms with Crippen molar-refractivity contribution in [3.8, 4) is 0 Å². The quantitative estimate of drug-likeness (QED) is 0.874. The van der Waals surface area contributed by atoms with E-state index in [4.69, 9.17) is 16.3 Å². The van der Waals surface area contributed by atoms with E-state index in [2.05, 4.69) is 10.4 Å². The number of carbonyl (C=O) groups is 1. The minimum absolute atomic E-state index is 0.0539. The summed E-state index contributed by atoms with van der Waals surface area (Å²) in [5, 5.41) is 7.09. The first-order chi connectivity index (χ1) is 10.6. The lowest BCUT2D eigenvalue weighted by molar-refractivity contribution is -0.120. The van der Waals surface area contributed by atoms with Gasteiger partial charge in [-0.05, 0) is 26.2 Å².